The number of aryl methyl sites for hydroxylation is 1. The van der Waals surface area contributed by atoms with E-state index >= 15 is 0 Å². The minimum atomic E-state index is -3.92. The van der Waals surface area contributed by atoms with Crippen LogP contribution in [-0.4, -0.2) is 55.5 Å². The minimum Gasteiger partial charge on any atom is -0.339 e. The number of benzene rings is 2. The number of amides is 1. The highest BCUT2D eigenvalue weighted by Crippen LogP contribution is 2.20. The van der Waals surface area contributed by atoms with Gasteiger partial charge in [-0.15, -0.1) is 11.8 Å². The van der Waals surface area contributed by atoms with Crippen molar-refractivity contribution in [1.82, 2.24) is 9.21 Å². The van der Waals surface area contributed by atoms with E-state index in [0.717, 1.165) is 23.4 Å². The second kappa shape index (κ2) is 9.23. The Morgan fingerprint density at radius 1 is 1.00 bits per heavy atom. The Morgan fingerprint density at radius 3 is 2.28 bits per heavy atom. The largest absolute Gasteiger partial charge is 0.339 e. The molecule has 1 fully saturated rings. The first-order chi connectivity index (χ1) is 13.8. The van der Waals surface area contributed by atoms with Gasteiger partial charge in [0.15, 0.2) is 11.6 Å². The maximum atomic E-state index is 13.4. The number of carbonyl (C=O) groups excluding carboxylic acids is 1. The summed E-state index contributed by atoms with van der Waals surface area (Å²) < 4.78 is 52.9. The van der Waals surface area contributed by atoms with Crippen LogP contribution in [0.1, 0.15) is 11.1 Å². The Kier molecular flexibility index (Phi) is 6.92. The van der Waals surface area contributed by atoms with Gasteiger partial charge in [-0.3, -0.25) is 4.79 Å². The molecular formula is C20H22F2N2O3S2. The van der Waals surface area contributed by atoms with Crippen LogP contribution in [0.25, 0.3) is 0 Å². The van der Waals surface area contributed by atoms with Gasteiger partial charge in [-0.1, -0.05) is 29.8 Å². The fourth-order valence-corrected chi connectivity index (χ4v) is 5.32. The zero-order chi connectivity index (χ0) is 21.0. The molecule has 1 heterocycles. The number of thioether (sulfide) groups is 1. The first-order valence-corrected chi connectivity index (χ1v) is 11.7. The maximum Gasteiger partial charge on any atom is 0.243 e. The van der Waals surface area contributed by atoms with Crippen molar-refractivity contribution in [3.05, 3.63) is 65.2 Å². The molecule has 0 radical (unpaired) electrons. The summed E-state index contributed by atoms with van der Waals surface area (Å²) in [5, 5.41) is 0. The fraction of sp³-hybridized carbons (Fsp3) is 0.350. The van der Waals surface area contributed by atoms with Crippen molar-refractivity contribution in [3.63, 3.8) is 0 Å². The van der Waals surface area contributed by atoms with Crippen molar-refractivity contribution in [3.8, 4) is 0 Å². The number of hydrogen-bond donors (Lipinski definition) is 0. The number of nitrogens with zero attached hydrogens (tertiary/aromatic N) is 2. The molecule has 0 saturated carbocycles. The van der Waals surface area contributed by atoms with Gasteiger partial charge in [0.25, 0.3) is 0 Å². The topological polar surface area (TPSA) is 57.7 Å². The van der Waals surface area contributed by atoms with Gasteiger partial charge in [0.1, 0.15) is 0 Å². The minimum absolute atomic E-state index is 0.0352. The summed E-state index contributed by atoms with van der Waals surface area (Å²) in [5.74, 6) is -1.28. The number of hydrogen-bond acceptors (Lipinski definition) is 4. The molecule has 3 rings (SSSR count). The van der Waals surface area contributed by atoms with Gasteiger partial charge in [-0.05, 0) is 30.7 Å². The van der Waals surface area contributed by atoms with E-state index in [2.05, 4.69) is 0 Å². The van der Waals surface area contributed by atoms with Crippen molar-refractivity contribution >= 4 is 27.7 Å². The molecule has 1 aliphatic rings. The zero-order valence-electron chi connectivity index (χ0n) is 16.0. The number of piperazine rings is 1. The zero-order valence-corrected chi connectivity index (χ0v) is 17.6. The molecule has 0 N–H and O–H groups in total. The van der Waals surface area contributed by atoms with Crippen LogP contribution in [0.5, 0.6) is 0 Å². The lowest BCUT2D eigenvalue weighted by molar-refractivity contribution is -0.129. The highest BCUT2D eigenvalue weighted by atomic mass is 32.2. The van der Waals surface area contributed by atoms with Crippen LogP contribution >= 0.6 is 11.8 Å². The van der Waals surface area contributed by atoms with Gasteiger partial charge in [0, 0.05) is 31.9 Å². The van der Waals surface area contributed by atoms with E-state index in [1.807, 2.05) is 31.2 Å². The summed E-state index contributed by atoms with van der Waals surface area (Å²) in [6.45, 7) is 2.80. The molecule has 0 aliphatic carbocycles. The standard InChI is InChI=1S/C20H22F2N2O3S2/c1-15-2-4-16(5-3-15)13-28-14-20(25)23-8-10-24(11-9-23)29(26,27)17-6-7-18(21)19(22)12-17/h2-7,12H,8-11,13-14H2,1H3. The molecule has 0 atom stereocenters. The van der Waals surface area contributed by atoms with Gasteiger partial charge in [-0.2, -0.15) is 4.31 Å². The number of rotatable bonds is 6. The van der Waals surface area contributed by atoms with Gasteiger partial charge < -0.3 is 4.90 Å². The van der Waals surface area contributed by atoms with E-state index in [9.17, 15) is 22.0 Å². The summed E-state index contributed by atoms with van der Waals surface area (Å²) in [6, 6.07) is 10.7. The number of halogens is 2. The van der Waals surface area contributed by atoms with E-state index in [1.54, 1.807) is 4.90 Å². The van der Waals surface area contributed by atoms with E-state index in [-0.39, 0.29) is 37.0 Å². The van der Waals surface area contributed by atoms with E-state index in [4.69, 9.17) is 0 Å². The molecule has 0 bridgehead atoms. The Bertz CT molecular complexity index is 974. The molecule has 1 saturated heterocycles. The summed E-state index contributed by atoms with van der Waals surface area (Å²) in [6.07, 6.45) is 0. The predicted octanol–water partition coefficient (Wildman–Crippen LogP) is 3.04. The Balaban J connectivity index is 1.50. The molecule has 0 aromatic heterocycles. The third-order valence-corrected chi connectivity index (χ3v) is 7.62. The summed E-state index contributed by atoms with van der Waals surface area (Å²) in [7, 11) is -3.92. The molecule has 2 aromatic carbocycles. The van der Waals surface area contributed by atoms with Crippen LogP contribution in [0.2, 0.25) is 0 Å². The van der Waals surface area contributed by atoms with E-state index < -0.39 is 21.7 Å². The van der Waals surface area contributed by atoms with Gasteiger partial charge in [0.05, 0.1) is 10.6 Å². The quantitative estimate of drug-likeness (QED) is 0.693. The molecule has 29 heavy (non-hydrogen) atoms. The lowest BCUT2D eigenvalue weighted by atomic mass is 10.2. The van der Waals surface area contributed by atoms with E-state index in [1.165, 1.54) is 21.6 Å². The summed E-state index contributed by atoms with van der Waals surface area (Å²) >= 11 is 1.52. The second-order valence-corrected chi connectivity index (χ2v) is 9.76. The van der Waals surface area contributed by atoms with Gasteiger partial charge in [-0.25, -0.2) is 17.2 Å². The smallest absolute Gasteiger partial charge is 0.243 e. The average molecular weight is 441 g/mol. The Hall–Kier alpha value is -1.97. The summed E-state index contributed by atoms with van der Waals surface area (Å²) in [4.78, 5) is 13.7. The van der Waals surface area contributed by atoms with Crippen LogP contribution in [0.3, 0.4) is 0 Å². The Morgan fingerprint density at radius 2 is 1.66 bits per heavy atom. The molecule has 0 spiro atoms. The molecule has 9 heteroatoms. The fourth-order valence-electron chi connectivity index (χ4n) is 3.00. The highest BCUT2D eigenvalue weighted by molar-refractivity contribution is 7.99. The lowest BCUT2D eigenvalue weighted by Crippen LogP contribution is -2.51. The SMILES string of the molecule is Cc1ccc(CSCC(=O)N2CCN(S(=O)(=O)c3ccc(F)c(F)c3)CC2)cc1. The van der Waals surface area contributed by atoms with Crippen molar-refractivity contribution in [2.45, 2.75) is 17.6 Å². The van der Waals surface area contributed by atoms with Crippen LogP contribution in [-0.2, 0) is 20.6 Å². The predicted molar refractivity (Wildman–Crippen MR) is 109 cm³/mol. The lowest BCUT2D eigenvalue weighted by Gasteiger charge is -2.34. The molecule has 0 unspecified atom stereocenters. The first kappa shape index (κ1) is 21.7. The van der Waals surface area contributed by atoms with E-state index in [0.29, 0.717) is 11.8 Å². The third-order valence-electron chi connectivity index (χ3n) is 4.74. The summed E-state index contributed by atoms with van der Waals surface area (Å²) in [5.41, 5.74) is 2.34. The van der Waals surface area contributed by atoms with Crippen LogP contribution in [0, 0.1) is 18.6 Å². The van der Waals surface area contributed by atoms with Crippen molar-refractivity contribution in [2.24, 2.45) is 0 Å². The monoisotopic (exact) mass is 440 g/mol. The van der Waals surface area contributed by atoms with Crippen molar-refractivity contribution in [2.75, 3.05) is 31.9 Å². The average Bonchev–Trinajstić information content (AvgIpc) is 2.71. The molecule has 156 valence electrons. The third kappa shape index (κ3) is 5.34. The molecule has 2 aromatic rings. The van der Waals surface area contributed by atoms with Crippen LogP contribution < -0.4 is 0 Å². The second-order valence-electron chi connectivity index (χ2n) is 6.84. The van der Waals surface area contributed by atoms with Crippen molar-refractivity contribution in [1.29, 1.82) is 0 Å². The molecular weight excluding hydrogens is 418 g/mol. The molecule has 1 amide bonds. The first-order valence-electron chi connectivity index (χ1n) is 9.13. The highest BCUT2D eigenvalue weighted by Gasteiger charge is 2.30. The number of carbonyl (C=O) groups is 1. The Labute approximate surface area is 173 Å². The van der Waals surface area contributed by atoms with Crippen LogP contribution in [0.15, 0.2) is 47.4 Å². The van der Waals surface area contributed by atoms with Crippen molar-refractivity contribution < 1.29 is 22.0 Å². The molecule has 5 nitrogen and oxygen atoms in total. The van der Waals surface area contributed by atoms with Gasteiger partial charge in [0.2, 0.25) is 15.9 Å². The normalized spacial score (nSPS) is 15.5. The van der Waals surface area contributed by atoms with Gasteiger partial charge >= 0.3 is 0 Å². The van der Waals surface area contributed by atoms with Crippen LogP contribution in [0.4, 0.5) is 8.78 Å². The number of sulfonamides is 1. The molecule has 1 aliphatic heterocycles. The maximum absolute atomic E-state index is 13.4.